The van der Waals surface area contributed by atoms with Gasteiger partial charge in [0, 0.05) is 20.0 Å². The molecule has 0 bridgehead atoms. The van der Waals surface area contributed by atoms with Crippen LogP contribution in [0.3, 0.4) is 0 Å². The number of carbonyl (C=O) groups is 2. The molecule has 1 saturated heterocycles. The Kier molecular flexibility index (Phi) is 5.95. The van der Waals surface area contributed by atoms with Gasteiger partial charge in [0.05, 0.1) is 6.54 Å². The first-order valence-electron chi connectivity index (χ1n) is 8.12. The molecule has 1 aromatic rings. The summed E-state index contributed by atoms with van der Waals surface area (Å²) < 4.78 is 13.0. The Bertz CT molecular complexity index is 603. The predicted octanol–water partition coefficient (Wildman–Crippen LogP) is 1.85. The van der Waals surface area contributed by atoms with Crippen molar-refractivity contribution in [1.82, 2.24) is 14.7 Å². The van der Waals surface area contributed by atoms with Crippen molar-refractivity contribution < 1.29 is 14.0 Å². The summed E-state index contributed by atoms with van der Waals surface area (Å²) in [6.07, 6.45) is 2.47. The molecule has 1 atom stereocenters. The van der Waals surface area contributed by atoms with E-state index in [-0.39, 0.29) is 30.3 Å². The topological polar surface area (TPSA) is 43.9 Å². The average molecular weight is 333 g/mol. The second-order valence-electron chi connectivity index (χ2n) is 5.92. The van der Waals surface area contributed by atoms with E-state index in [1.165, 1.54) is 12.1 Å². The molecule has 1 aliphatic rings. The van der Waals surface area contributed by atoms with Crippen LogP contribution in [-0.4, -0.2) is 59.4 Å². The van der Waals surface area contributed by atoms with Crippen molar-refractivity contribution in [3.8, 4) is 0 Å². The number of likely N-dealkylation sites (N-methyl/N-ethyl adjacent to an activating group) is 1. The lowest BCUT2D eigenvalue weighted by Gasteiger charge is -2.44. The number of benzene rings is 1. The first-order chi connectivity index (χ1) is 11.5. The van der Waals surface area contributed by atoms with Crippen LogP contribution in [0.15, 0.2) is 37.0 Å². The van der Waals surface area contributed by atoms with Gasteiger partial charge in [-0.15, -0.1) is 0 Å². The van der Waals surface area contributed by atoms with E-state index in [0.717, 1.165) is 5.56 Å². The SMILES string of the molecule is C=CN(C)C1CN(CCc2ccc(F)cc2)C(=O)CN1C(=O)CC. The molecule has 1 aromatic carbocycles. The molecular formula is C18H24FN3O2. The molecule has 0 aromatic heterocycles. The molecule has 2 rings (SSSR count). The highest BCUT2D eigenvalue weighted by molar-refractivity contribution is 5.86. The number of carbonyl (C=O) groups excluding carboxylic acids is 2. The fourth-order valence-electron chi connectivity index (χ4n) is 2.81. The lowest BCUT2D eigenvalue weighted by Crippen LogP contribution is -2.62. The van der Waals surface area contributed by atoms with E-state index < -0.39 is 0 Å². The van der Waals surface area contributed by atoms with Crippen molar-refractivity contribution in [3.63, 3.8) is 0 Å². The first kappa shape index (κ1) is 18.0. The third-order valence-electron chi connectivity index (χ3n) is 4.37. The van der Waals surface area contributed by atoms with Gasteiger partial charge in [-0.1, -0.05) is 25.6 Å². The lowest BCUT2D eigenvalue weighted by molar-refractivity contribution is -0.153. The molecule has 0 N–H and O–H groups in total. The quantitative estimate of drug-likeness (QED) is 0.798. The van der Waals surface area contributed by atoms with Crippen LogP contribution in [-0.2, 0) is 16.0 Å². The van der Waals surface area contributed by atoms with Gasteiger partial charge in [-0.25, -0.2) is 4.39 Å². The van der Waals surface area contributed by atoms with Crippen LogP contribution in [0, 0.1) is 5.82 Å². The molecule has 130 valence electrons. The van der Waals surface area contributed by atoms with Crippen molar-refractivity contribution >= 4 is 11.8 Å². The maximum Gasteiger partial charge on any atom is 0.242 e. The number of piperazine rings is 1. The standard InChI is InChI=1S/C18H24FN3O2/c1-4-17(23)22-13-18(24)21(12-16(22)20(3)5-2)11-10-14-6-8-15(19)9-7-14/h5-9,16H,2,4,10-13H2,1,3H3. The van der Waals surface area contributed by atoms with E-state index in [1.54, 1.807) is 35.1 Å². The van der Waals surface area contributed by atoms with Gasteiger partial charge in [0.1, 0.15) is 18.5 Å². The van der Waals surface area contributed by atoms with Crippen LogP contribution >= 0.6 is 0 Å². The van der Waals surface area contributed by atoms with Crippen LogP contribution in [0.1, 0.15) is 18.9 Å². The molecule has 1 heterocycles. The largest absolute Gasteiger partial charge is 0.360 e. The van der Waals surface area contributed by atoms with E-state index in [2.05, 4.69) is 6.58 Å². The van der Waals surface area contributed by atoms with Gasteiger partial charge in [0.25, 0.3) is 0 Å². The van der Waals surface area contributed by atoms with Gasteiger partial charge in [0.15, 0.2) is 0 Å². The van der Waals surface area contributed by atoms with Crippen LogP contribution in [0.4, 0.5) is 4.39 Å². The Morgan fingerprint density at radius 1 is 1.42 bits per heavy atom. The van der Waals surface area contributed by atoms with E-state index >= 15 is 0 Å². The van der Waals surface area contributed by atoms with Gasteiger partial charge in [0.2, 0.25) is 11.8 Å². The average Bonchev–Trinajstić information content (AvgIpc) is 2.60. The number of hydrogen-bond acceptors (Lipinski definition) is 3. The Balaban J connectivity index is 2.05. The summed E-state index contributed by atoms with van der Waals surface area (Å²) in [6.45, 7) is 6.60. The van der Waals surface area contributed by atoms with Gasteiger partial charge in [-0.3, -0.25) is 9.59 Å². The summed E-state index contributed by atoms with van der Waals surface area (Å²) >= 11 is 0. The van der Waals surface area contributed by atoms with Crippen molar-refractivity contribution in [2.75, 3.05) is 26.7 Å². The van der Waals surface area contributed by atoms with Crippen LogP contribution < -0.4 is 0 Å². The molecule has 0 spiro atoms. The predicted molar refractivity (Wildman–Crippen MR) is 90.4 cm³/mol. The van der Waals surface area contributed by atoms with Crippen molar-refractivity contribution in [2.24, 2.45) is 0 Å². The number of rotatable bonds is 6. The third-order valence-corrected chi connectivity index (χ3v) is 4.37. The normalized spacial score (nSPS) is 17.8. The minimum Gasteiger partial charge on any atom is -0.360 e. The zero-order chi connectivity index (χ0) is 17.7. The maximum absolute atomic E-state index is 13.0. The lowest BCUT2D eigenvalue weighted by atomic mass is 10.1. The Hall–Kier alpha value is -2.37. The van der Waals surface area contributed by atoms with Crippen molar-refractivity contribution in [2.45, 2.75) is 25.9 Å². The molecule has 1 aliphatic heterocycles. The second-order valence-corrected chi connectivity index (χ2v) is 5.92. The number of halogens is 1. The zero-order valence-corrected chi connectivity index (χ0v) is 14.2. The zero-order valence-electron chi connectivity index (χ0n) is 14.2. The molecule has 2 amide bonds. The van der Waals surface area contributed by atoms with Gasteiger partial charge >= 0.3 is 0 Å². The summed E-state index contributed by atoms with van der Waals surface area (Å²) in [5.74, 6) is -0.373. The number of nitrogens with zero attached hydrogens (tertiary/aromatic N) is 3. The number of amides is 2. The Labute approximate surface area is 142 Å². The molecule has 5 nitrogen and oxygen atoms in total. The Morgan fingerprint density at radius 3 is 2.67 bits per heavy atom. The van der Waals surface area contributed by atoms with E-state index in [9.17, 15) is 14.0 Å². The third kappa shape index (κ3) is 4.13. The minimum absolute atomic E-state index is 0.0414. The number of hydrogen-bond donors (Lipinski definition) is 0. The van der Waals surface area contributed by atoms with Crippen LogP contribution in [0.2, 0.25) is 0 Å². The summed E-state index contributed by atoms with van der Waals surface area (Å²) in [4.78, 5) is 29.7. The van der Waals surface area contributed by atoms with Crippen LogP contribution in [0.5, 0.6) is 0 Å². The van der Waals surface area contributed by atoms with Gasteiger partial charge in [-0.05, 0) is 30.3 Å². The molecular weight excluding hydrogens is 309 g/mol. The fourth-order valence-corrected chi connectivity index (χ4v) is 2.81. The maximum atomic E-state index is 13.0. The summed E-state index contributed by atoms with van der Waals surface area (Å²) in [6, 6.07) is 6.29. The highest BCUT2D eigenvalue weighted by Crippen LogP contribution is 2.16. The van der Waals surface area contributed by atoms with Gasteiger partial charge < -0.3 is 14.7 Å². The van der Waals surface area contributed by atoms with E-state index in [1.807, 2.05) is 11.9 Å². The Morgan fingerprint density at radius 2 is 2.08 bits per heavy atom. The summed E-state index contributed by atoms with van der Waals surface area (Å²) in [5.41, 5.74) is 0.977. The highest BCUT2D eigenvalue weighted by Gasteiger charge is 2.35. The first-order valence-corrected chi connectivity index (χ1v) is 8.12. The highest BCUT2D eigenvalue weighted by atomic mass is 19.1. The summed E-state index contributed by atoms with van der Waals surface area (Å²) in [5, 5.41) is 0. The monoisotopic (exact) mass is 333 g/mol. The smallest absolute Gasteiger partial charge is 0.242 e. The molecule has 1 unspecified atom stereocenters. The minimum atomic E-state index is -0.269. The van der Waals surface area contributed by atoms with Crippen molar-refractivity contribution in [1.29, 1.82) is 0 Å². The molecule has 1 fully saturated rings. The molecule has 24 heavy (non-hydrogen) atoms. The second kappa shape index (κ2) is 7.95. The van der Waals surface area contributed by atoms with E-state index in [4.69, 9.17) is 0 Å². The fraction of sp³-hybridized carbons (Fsp3) is 0.444. The molecule has 6 heteroatoms. The summed E-state index contributed by atoms with van der Waals surface area (Å²) in [7, 11) is 1.85. The molecule has 0 aliphatic carbocycles. The van der Waals surface area contributed by atoms with E-state index in [0.29, 0.717) is 25.9 Å². The van der Waals surface area contributed by atoms with Crippen molar-refractivity contribution in [3.05, 3.63) is 48.4 Å². The van der Waals surface area contributed by atoms with Crippen LogP contribution in [0.25, 0.3) is 0 Å². The molecule has 0 radical (unpaired) electrons. The van der Waals surface area contributed by atoms with Gasteiger partial charge in [-0.2, -0.15) is 0 Å². The molecule has 0 saturated carbocycles.